The van der Waals surface area contributed by atoms with Crippen molar-refractivity contribution in [2.45, 2.75) is 26.1 Å². The maximum Gasteiger partial charge on any atom is 0.275 e. The van der Waals surface area contributed by atoms with Crippen LogP contribution >= 0.6 is 23.2 Å². The van der Waals surface area contributed by atoms with Crippen molar-refractivity contribution in [3.8, 4) is 0 Å². The van der Waals surface area contributed by atoms with Crippen molar-refractivity contribution < 1.29 is 18.5 Å². The monoisotopic (exact) mass is 407 g/mol. The van der Waals surface area contributed by atoms with Gasteiger partial charge in [-0.25, -0.2) is 0 Å². The molecule has 2 aromatic heterocycles. The van der Waals surface area contributed by atoms with Gasteiger partial charge in [0.2, 0.25) is 0 Å². The summed E-state index contributed by atoms with van der Waals surface area (Å²) in [5.41, 5.74) is 0.827. The Morgan fingerprint density at radius 3 is 2.22 bits per heavy atom. The van der Waals surface area contributed by atoms with E-state index in [1.54, 1.807) is 24.7 Å². The number of halogens is 2. The maximum atomic E-state index is 12.6. The zero-order valence-electron chi connectivity index (χ0n) is 14.9. The Morgan fingerprint density at radius 2 is 1.70 bits per heavy atom. The van der Waals surface area contributed by atoms with Crippen LogP contribution in [0.25, 0.3) is 0 Å². The molecule has 0 fully saturated rings. The molecular weight excluding hydrogens is 387 g/mol. The summed E-state index contributed by atoms with van der Waals surface area (Å²) >= 11 is 12.2. The smallest absolute Gasteiger partial charge is 0.275 e. The van der Waals surface area contributed by atoms with E-state index < -0.39 is 0 Å². The summed E-state index contributed by atoms with van der Waals surface area (Å²) in [7, 11) is 0. The lowest BCUT2D eigenvalue weighted by Gasteiger charge is -2.20. The number of hydrogen-bond donors (Lipinski definition) is 2. The number of amides is 1. The first-order valence-electron chi connectivity index (χ1n) is 8.64. The van der Waals surface area contributed by atoms with Gasteiger partial charge in [0.05, 0.1) is 18.6 Å². The molecule has 0 saturated carbocycles. The fraction of sp³-hybridized carbons (Fsp3) is 0.250. The predicted molar refractivity (Wildman–Crippen MR) is 104 cm³/mol. The highest BCUT2D eigenvalue weighted by Gasteiger charge is 2.20. The summed E-state index contributed by atoms with van der Waals surface area (Å²) in [6.45, 7) is 3.33. The van der Waals surface area contributed by atoms with Crippen molar-refractivity contribution in [2.24, 2.45) is 0 Å². The minimum atomic E-state index is -0.226. The Kier molecular flexibility index (Phi) is 6.61. The number of rotatable bonds is 8. The standard InChI is InChI=1S/C20H20Cl2N2O3/c1-14(18-7-6-15(21)10-19(18)22)23-20(25)13-24(11-16-4-2-8-26-16)12-17-5-3-9-27-17/h2-10,14H,11-13H2,1H3,(H,23,25)/p+1/t14-/m1/s1. The molecule has 0 aliphatic carbocycles. The number of benzene rings is 1. The molecule has 142 valence electrons. The summed E-state index contributed by atoms with van der Waals surface area (Å²) < 4.78 is 10.9. The van der Waals surface area contributed by atoms with Gasteiger partial charge in [0.25, 0.3) is 5.91 Å². The van der Waals surface area contributed by atoms with Crippen LogP contribution in [0.1, 0.15) is 30.0 Å². The summed E-state index contributed by atoms with van der Waals surface area (Å²) in [5, 5.41) is 4.10. The van der Waals surface area contributed by atoms with E-state index in [-0.39, 0.29) is 18.5 Å². The van der Waals surface area contributed by atoms with Gasteiger partial charge in [0, 0.05) is 10.0 Å². The molecule has 0 aliphatic heterocycles. The van der Waals surface area contributed by atoms with Gasteiger partial charge in [0.15, 0.2) is 18.1 Å². The number of hydrogen-bond acceptors (Lipinski definition) is 3. The highest BCUT2D eigenvalue weighted by atomic mass is 35.5. The highest BCUT2D eigenvalue weighted by Crippen LogP contribution is 2.25. The van der Waals surface area contributed by atoms with Crippen LogP contribution in [0.2, 0.25) is 10.0 Å². The lowest BCUT2D eigenvalue weighted by Crippen LogP contribution is -3.10. The molecule has 0 radical (unpaired) electrons. The lowest BCUT2D eigenvalue weighted by molar-refractivity contribution is -0.921. The molecule has 0 bridgehead atoms. The van der Waals surface area contributed by atoms with Crippen molar-refractivity contribution in [1.29, 1.82) is 0 Å². The molecule has 0 aliphatic rings. The van der Waals surface area contributed by atoms with Crippen molar-refractivity contribution >= 4 is 29.1 Å². The first-order valence-corrected chi connectivity index (χ1v) is 9.39. The molecule has 3 rings (SSSR count). The molecule has 2 N–H and O–H groups in total. The van der Waals surface area contributed by atoms with Gasteiger partial charge in [-0.2, -0.15) is 0 Å². The van der Waals surface area contributed by atoms with Gasteiger partial charge in [-0.1, -0.05) is 29.3 Å². The van der Waals surface area contributed by atoms with Crippen molar-refractivity contribution in [3.63, 3.8) is 0 Å². The van der Waals surface area contributed by atoms with E-state index in [0.29, 0.717) is 23.1 Å². The Hall–Kier alpha value is -2.21. The molecule has 0 spiro atoms. The van der Waals surface area contributed by atoms with Crippen LogP contribution in [0.3, 0.4) is 0 Å². The minimum absolute atomic E-state index is 0.0818. The molecule has 5 nitrogen and oxygen atoms in total. The molecule has 1 atom stereocenters. The normalized spacial score (nSPS) is 12.3. The van der Waals surface area contributed by atoms with Crippen LogP contribution in [0.15, 0.2) is 63.8 Å². The van der Waals surface area contributed by atoms with Gasteiger partial charge in [-0.15, -0.1) is 0 Å². The van der Waals surface area contributed by atoms with Crippen LogP contribution < -0.4 is 10.2 Å². The van der Waals surface area contributed by atoms with E-state index in [1.807, 2.05) is 37.3 Å². The molecule has 0 saturated heterocycles. The van der Waals surface area contributed by atoms with Crippen molar-refractivity contribution in [2.75, 3.05) is 6.54 Å². The van der Waals surface area contributed by atoms with Gasteiger partial charge < -0.3 is 19.1 Å². The van der Waals surface area contributed by atoms with E-state index in [2.05, 4.69) is 5.32 Å². The molecular formula is C20H21Cl2N2O3+. The summed E-state index contributed by atoms with van der Waals surface area (Å²) in [4.78, 5) is 13.6. The van der Waals surface area contributed by atoms with Crippen LogP contribution in [0.4, 0.5) is 0 Å². The second-order valence-electron chi connectivity index (χ2n) is 6.39. The molecule has 27 heavy (non-hydrogen) atoms. The summed E-state index contributed by atoms with van der Waals surface area (Å²) in [6, 6.07) is 12.5. The third-order valence-corrected chi connectivity index (χ3v) is 4.79. The Labute approximate surface area is 167 Å². The molecule has 7 heteroatoms. The van der Waals surface area contributed by atoms with Crippen LogP contribution in [0.5, 0.6) is 0 Å². The first-order chi connectivity index (χ1) is 13.0. The zero-order chi connectivity index (χ0) is 19.2. The number of carbonyl (C=O) groups is 1. The van der Waals surface area contributed by atoms with Gasteiger partial charge in [0.1, 0.15) is 13.1 Å². The molecule has 3 aromatic rings. The van der Waals surface area contributed by atoms with Crippen molar-refractivity contribution in [1.82, 2.24) is 5.32 Å². The topological polar surface area (TPSA) is 59.8 Å². The van der Waals surface area contributed by atoms with E-state index in [4.69, 9.17) is 32.0 Å². The SMILES string of the molecule is C[C@@H](NC(=O)C[NH+](Cc1ccco1)Cc1ccco1)c1ccc(Cl)cc1Cl. The van der Waals surface area contributed by atoms with Gasteiger partial charge in [-0.05, 0) is 48.9 Å². The fourth-order valence-electron chi connectivity index (χ4n) is 2.96. The van der Waals surface area contributed by atoms with Crippen LogP contribution in [-0.4, -0.2) is 12.5 Å². The highest BCUT2D eigenvalue weighted by molar-refractivity contribution is 6.35. The van der Waals surface area contributed by atoms with Crippen LogP contribution in [-0.2, 0) is 17.9 Å². The van der Waals surface area contributed by atoms with E-state index in [0.717, 1.165) is 22.0 Å². The Morgan fingerprint density at radius 1 is 1.07 bits per heavy atom. The summed E-state index contributed by atoms with van der Waals surface area (Å²) in [6.07, 6.45) is 3.26. The second-order valence-corrected chi connectivity index (χ2v) is 7.24. The molecule has 0 unspecified atom stereocenters. The average Bonchev–Trinajstić information content (AvgIpc) is 3.28. The number of quaternary nitrogens is 1. The van der Waals surface area contributed by atoms with Crippen molar-refractivity contribution in [3.05, 3.63) is 82.1 Å². The Balaban J connectivity index is 1.64. The summed E-state index contributed by atoms with van der Waals surface area (Å²) in [5.74, 6) is 1.55. The van der Waals surface area contributed by atoms with E-state index in [9.17, 15) is 4.79 Å². The average molecular weight is 408 g/mol. The maximum absolute atomic E-state index is 12.6. The quantitative estimate of drug-likeness (QED) is 0.599. The minimum Gasteiger partial charge on any atom is -0.463 e. The fourth-order valence-corrected chi connectivity index (χ4v) is 3.53. The number of furan rings is 2. The van der Waals surface area contributed by atoms with E-state index >= 15 is 0 Å². The molecule has 1 amide bonds. The largest absolute Gasteiger partial charge is 0.463 e. The zero-order valence-corrected chi connectivity index (χ0v) is 16.4. The Bertz CT molecular complexity index is 827. The van der Waals surface area contributed by atoms with E-state index in [1.165, 1.54) is 0 Å². The number of nitrogens with one attached hydrogen (secondary N) is 2. The lowest BCUT2D eigenvalue weighted by atomic mass is 10.1. The van der Waals surface area contributed by atoms with Gasteiger partial charge in [-0.3, -0.25) is 4.79 Å². The number of carbonyl (C=O) groups excluding carboxylic acids is 1. The molecule has 2 heterocycles. The first kappa shape index (κ1) is 19.5. The second kappa shape index (κ2) is 9.13. The third-order valence-electron chi connectivity index (χ3n) is 4.23. The molecule has 1 aromatic carbocycles. The third kappa shape index (κ3) is 5.63. The van der Waals surface area contributed by atoms with Crippen LogP contribution in [0, 0.1) is 0 Å². The predicted octanol–water partition coefficient (Wildman–Crippen LogP) is 3.64. The van der Waals surface area contributed by atoms with Gasteiger partial charge >= 0.3 is 0 Å².